The summed E-state index contributed by atoms with van der Waals surface area (Å²) < 4.78 is 10.2. The van der Waals surface area contributed by atoms with Crippen LogP contribution in [0.25, 0.3) is 0 Å². The van der Waals surface area contributed by atoms with Crippen molar-refractivity contribution in [1.82, 2.24) is 0 Å². The topological polar surface area (TPSA) is 56.5 Å². The van der Waals surface area contributed by atoms with Gasteiger partial charge < -0.3 is 9.15 Å². The molecule has 1 aromatic rings. The fourth-order valence-electron chi connectivity index (χ4n) is 2.02. The number of hydrogen-bond acceptors (Lipinski definition) is 4. The first-order valence-corrected chi connectivity index (χ1v) is 5.44. The first-order chi connectivity index (χ1) is 7.63. The van der Waals surface area contributed by atoms with Gasteiger partial charge in [0.05, 0.1) is 12.2 Å². The zero-order valence-corrected chi connectivity index (χ0v) is 9.41. The monoisotopic (exact) mass is 222 g/mol. The van der Waals surface area contributed by atoms with Crippen LogP contribution in [0.2, 0.25) is 0 Å². The highest BCUT2D eigenvalue weighted by Crippen LogP contribution is 2.29. The molecule has 0 fully saturated rings. The maximum absolute atomic E-state index is 11.8. The molecule has 86 valence electrons. The van der Waals surface area contributed by atoms with Gasteiger partial charge in [0, 0.05) is 12.8 Å². The molecule has 0 radical (unpaired) electrons. The maximum Gasteiger partial charge on any atom is 0.342 e. The van der Waals surface area contributed by atoms with Crippen LogP contribution in [-0.2, 0) is 11.2 Å². The lowest BCUT2D eigenvalue weighted by Gasteiger charge is -2.16. The zero-order valence-electron chi connectivity index (χ0n) is 9.41. The van der Waals surface area contributed by atoms with Crippen molar-refractivity contribution in [1.29, 1.82) is 0 Å². The Bertz CT molecular complexity index is 430. The van der Waals surface area contributed by atoms with E-state index in [2.05, 4.69) is 0 Å². The minimum absolute atomic E-state index is 0.0226. The first-order valence-electron chi connectivity index (χ1n) is 5.44. The number of furan rings is 1. The lowest BCUT2D eigenvalue weighted by molar-refractivity contribution is 0.0522. The summed E-state index contributed by atoms with van der Waals surface area (Å²) in [5.74, 6) is 0.397. The van der Waals surface area contributed by atoms with Gasteiger partial charge in [-0.05, 0) is 12.8 Å². The van der Waals surface area contributed by atoms with E-state index in [4.69, 9.17) is 9.15 Å². The van der Waals surface area contributed by atoms with Gasteiger partial charge in [-0.1, -0.05) is 6.92 Å². The SMILES string of the molecule is CCOC(=O)c1coc2c1C(=O)C[C@H](C)C2. The van der Waals surface area contributed by atoms with Gasteiger partial charge >= 0.3 is 5.97 Å². The molecule has 0 saturated heterocycles. The van der Waals surface area contributed by atoms with Crippen molar-refractivity contribution in [3.63, 3.8) is 0 Å². The number of rotatable bonds is 2. The van der Waals surface area contributed by atoms with Gasteiger partial charge in [0.2, 0.25) is 0 Å². The lowest BCUT2D eigenvalue weighted by Crippen LogP contribution is -2.19. The highest BCUT2D eigenvalue weighted by atomic mass is 16.5. The second kappa shape index (κ2) is 4.12. The Morgan fingerprint density at radius 2 is 2.31 bits per heavy atom. The Morgan fingerprint density at radius 1 is 1.56 bits per heavy atom. The van der Waals surface area contributed by atoms with Gasteiger partial charge in [-0.2, -0.15) is 0 Å². The van der Waals surface area contributed by atoms with Crippen molar-refractivity contribution < 1.29 is 18.7 Å². The van der Waals surface area contributed by atoms with E-state index >= 15 is 0 Å². The lowest BCUT2D eigenvalue weighted by atomic mass is 9.87. The summed E-state index contributed by atoms with van der Waals surface area (Å²) in [5, 5.41) is 0. The number of ketones is 1. The molecule has 0 amide bonds. The molecule has 2 rings (SSSR count). The minimum Gasteiger partial charge on any atom is -0.468 e. The van der Waals surface area contributed by atoms with Crippen molar-refractivity contribution in [3.05, 3.63) is 23.2 Å². The number of fused-ring (bicyclic) bond motifs is 1. The molecule has 0 aromatic carbocycles. The molecule has 1 aliphatic carbocycles. The number of carbonyl (C=O) groups is 2. The van der Waals surface area contributed by atoms with Crippen LogP contribution in [0, 0.1) is 5.92 Å². The molecule has 0 saturated carbocycles. The summed E-state index contributed by atoms with van der Waals surface area (Å²) in [5.41, 5.74) is 0.699. The summed E-state index contributed by atoms with van der Waals surface area (Å²) in [6, 6.07) is 0. The summed E-state index contributed by atoms with van der Waals surface area (Å²) >= 11 is 0. The van der Waals surface area contributed by atoms with Gasteiger partial charge in [-0.15, -0.1) is 0 Å². The third kappa shape index (κ3) is 1.75. The van der Waals surface area contributed by atoms with E-state index in [1.165, 1.54) is 6.26 Å². The van der Waals surface area contributed by atoms with Crippen LogP contribution in [0.5, 0.6) is 0 Å². The molecule has 0 spiro atoms. The molecule has 16 heavy (non-hydrogen) atoms. The van der Waals surface area contributed by atoms with E-state index in [-0.39, 0.29) is 17.3 Å². The number of hydrogen-bond donors (Lipinski definition) is 0. The van der Waals surface area contributed by atoms with E-state index in [0.717, 1.165) is 0 Å². The van der Waals surface area contributed by atoms with Gasteiger partial charge in [0.25, 0.3) is 0 Å². The molecule has 0 unspecified atom stereocenters. The van der Waals surface area contributed by atoms with E-state index in [9.17, 15) is 9.59 Å². The Labute approximate surface area is 93.6 Å². The molecule has 1 heterocycles. The second-order valence-corrected chi connectivity index (χ2v) is 4.10. The van der Waals surface area contributed by atoms with Crippen LogP contribution in [0.4, 0.5) is 0 Å². The first kappa shape index (κ1) is 10.9. The Balaban J connectivity index is 2.37. The number of carbonyl (C=O) groups excluding carboxylic acids is 2. The molecule has 1 aliphatic rings. The van der Waals surface area contributed by atoms with Crippen LogP contribution in [0.1, 0.15) is 46.7 Å². The summed E-state index contributed by atoms with van der Waals surface area (Å²) in [6.07, 6.45) is 2.51. The third-order valence-electron chi connectivity index (χ3n) is 2.71. The molecular formula is C12H14O4. The molecule has 0 aliphatic heterocycles. The van der Waals surface area contributed by atoms with Gasteiger partial charge in [0.1, 0.15) is 17.6 Å². The summed E-state index contributed by atoms with van der Waals surface area (Å²) in [6.45, 7) is 4.02. The van der Waals surface area contributed by atoms with Gasteiger partial charge in [-0.25, -0.2) is 4.79 Å². The Kier molecular flexibility index (Phi) is 2.81. The average Bonchev–Trinajstić information content (AvgIpc) is 2.61. The van der Waals surface area contributed by atoms with Crippen molar-refractivity contribution in [2.24, 2.45) is 5.92 Å². The normalized spacial score (nSPS) is 19.4. The van der Waals surface area contributed by atoms with Crippen molar-refractivity contribution in [2.45, 2.75) is 26.7 Å². The molecular weight excluding hydrogens is 208 g/mol. The predicted molar refractivity (Wildman–Crippen MR) is 56.5 cm³/mol. The fraction of sp³-hybridized carbons (Fsp3) is 0.500. The number of Topliss-reactive ketones (excluding diaryl/α,β-unsaturated/α-hetero) is 1. The summed E-state index contributed by atoms with van der Waals surface area (Å²) in [7, 11) is 0. The number of esters is 1. The zero-order chi connectivity index (χ0) is 11.7. The van der Waals surface area contributed by atoms with E-state index in [1.807, 2.05) is 6.92 Å². The third-order valence-corrected chi connectivity index (χ3v) is 2.71. The molecule has 0 bridgehead atoms. The van der Waals surface area contributed by atoms with Crippen LogP contribution >= 0.6 is 0 Å². The Morgan fingerprint density at radius 3 is 3.00 bits per heavy atom. The van der Waals surface area contributed by atoms with Crippen LogP contribution < -0.4 is 0 Å². The van der Waals surface area contributed by atoms with Crippen LogP contribution in [0.3, 0.4) is 0 Å². The van der Waals surface area contributed by atoms with E-state index in [0.29, 0.717) is 30.8 Å². The molecule has 1 aromatic heterocycles. The predicted octanol–water partition coefficient (Wildman–Crippen LogP) is 2.22. The van der Waals surface area contributed by atoms with Crippen molar-refractivity contribution in [2.75, 3.05) is 6.61 Å². The highest BCUT2D eigenvalue weighted by molar-refractivity contribution is 6.07. The molecule has 1 atom stereocenters. The highest BCUT2D eigenvalue weighted by Gasteiger charge is 2.31. The average molecular weight is 222 g/mol. The van der Waals surface area contributed by atoms with Crippen molar-refractivity contribution in [3.8, 4) is 0 Å². The molecule has 4 heteroatoms. The Hall–Kier alpha value is -1.58. The van der Waals surface area contributed by atoms with E-state index < -0.39 is 5.97 Å². The second-order valence-electron chi connectivity index (χ2n) is 4.10. The standard InChI is InChI=1S/C12H14O4/c1-3-15-12(14)8-6-16-10-5-7(2)4-9(13)11(8)10/h6-7H,3-5H2,1-2H3/t7-/m0/s1. The fourth-order valence-corrected chi connectivity index (χ4v) is 2.02. The smallest absolute Gasteiger partial charge is 0.342 e. The molecule has 0 N–H and O–H groups in total. The quantitative estimate of drug-likeness (QED) is 0.720. The summed E-state index contributed by atoms with van der Waals surface area (Å²) in [4.78, 5) is 23.4. The van der Waals surface area contributed by atoms with Crippen LogP contribution in [0.15, 0.2) is 10.7 Å². The van der Waals surface area contributed by atoms with Gasteiger partial charge in [0.15, 0.2) is 5.78 Å². The largest absolute Gasteiger partial charge is 0.468 e. The van der Waals surface area contributed by atoms with Crippen molar-refractivity contribution >= 4 is 11.8 Å². The van der Waals surface area contributed by atoms with Crippen LogP contribution in [-0.4, -0.2) is 18.4 Å². The maximum atomic E-state index is 11.8. The molecule has 4 nitrogen and oxygen atoms in total. The van der Waals surface area contributed by atoms with Gasteiger partial charge in [-0.3, -0.25) is 4.79 Å². The van der Waals surface area contributed by atoms with E-state index in [1.54, 1.807) is 6.92 Å². The minimum atomic E-state index is -0.476. The number of ether oxygens (including phenoxy) is 1.